The lowest BCUT2D eigenvalue weighted by molar-refractivity contribution is -0.121. The Morgan fingerprint density at radius 3 is 2.52 bits per heavy atom. The van der Waals surface area contributed by atoms with Gasteiger partial charge in [-0.05, 0) is 49.2 Å². The third-order valence-electron chi connectivity index (χ3n) is 5.27. The number of carbonyl (C=O) groups excluding carboxylic acids is 2. The summed E-state index contributed by atoms with van der Waals surface area (Å²) in [5.41, 5.74) is 3.17. The molecule has 0 saturated heterocycles. The molecule has 7 nitrogen and oxygen atoms in total. The van der Waals surface area contributed by atoms with Crippen molar-refractivity contribution in [2.75, 3.05) is 36.6 Å². The van der Waals surface area contributed by atoms with E-state index in [4.69, 9.17) is 14.2 Å². The summed E-state index contributed by atoms with van der Waals surface area (Å²) in [4.78, 5) is 26.4. The molecule has 0 atom stereocenters. The van der Waals surface area contributed by atoms with Crippen LogP contribution in [0.3, 0.4) is 0 Å². The molecule has 0 saturated carbocycles. The van der Waals surface area contributed by atoms with Gasteiger partial charge in [0.2, 0.25) is 0 Å². The molecular formula is C26H26N2O5. The van der Waals surface area contributed by atoms with Crippen molar-refractivity contribution < 1.29 is 23.8 Å². The molecule has 0 aromatic heterocycles. The summed E-state index contributed by atoms with van der Waals surface area (Å²) in [6.07, 6.45) is 0. The molecule has 0 aliphatic carbocycles. The number of amides is 2. The van der Waals surface area contributed by atoms with Crippen LogP contribution in [0.1, 0.15) is 11.1 Å². The summed E-state index contributed by atoms with van der Waals surface area (Å²) in [7, 11) is 0. The van der Waals surface area contributed by atoms with E-state index in [2.05, 4.69) is 5.32 Å². The molecule has 0 fully saturated rings. The van der Waals surface area contributed by atoms with Gasteiger partial charge >= 0.3 is 0 Å². The zero-order chi connectivity index (χ0) is 23.2. The van der Waals surface area contributed by atoms with Crippen molar-refractivity contribution in [1.82, 2.24) is 0 Å². The van der Waals surface area contributed by atoms with E-state index < -0.39 is 0 Å². The predicted octanol–water partition coefficient (Wildman–Crippen LogP) is 4.13. The van der Waals surface area contributed by atoms with E-state index in [-0.39, 0.29) is 25.0 Å². The lowest BCUT2D eigenvalue weighted by atomic mass is 10.1. The Hall–Kier alpha value is -4.00. The minimum absolute atomic E-state index is 0.0641. The fraction of sp³-hybridized carbons (Fsp3) is 0.231. The highest BCUT2D eigenvalue weighted by Gasteiger charge is 2.26. The van der Waals surface area contributed by atoms with Crippen LogP contribution in [0.15, 0.2) is 66.7 Å². The van der Waals surface area contributed by atoms with E-state index in [0.717, 1.165) is 16.9 Å². The van der Waals surface area contributed by atoms with E-state index in [1.54, 1.807) is 23.1 Å². The summed E-state index contributed by atoms with van der Waals surface area (Å²) >= 11 is 0. The van der Waals surface area contributed by atoms with Crippen molar-refractivity contribution in [2.45, 2.75) is 13.8 Å². The van der Waals surface area contributed by atoms with Crippen LogP contribution >= 0.6 is 0 Å². The van der Waals surface area contributed by atoms with Gasteiger partial charge in [-0.1, -0.05) is 36.4 Å². The number of para-hydroxylation sites is 2. The molecule has 7 heteroatoms. The number of aryl methyl sites for hydroxylation is 2. The summed E-state index contributed by atoms with van der Waals surface area (Å²) in [5, 5.41) is 2.82. The van der Waals surface area contributed by atoms with Crippen LogP contribution < -0.4 is 24.4 Å². The maximum absolute atomic E-state index is 12.4. The average molecular weight is 447 g/mol. The van der Waals surface area contributed by atoms with Crippen molar-refractivity contribution in [1.29, 1.82) is 0 Å². The highest BCUT2D eigenvalue weighted by molar-refractivity contribution is 5.99. The molecule has 3 aromatic rings. The van der Waals surface area contributed by atoms with Gasteiger partial charge < -0.3 is 24.4 Å². The number of fused-ring (bicyclic) bond motifs is 1. The molecule has 1 aliphatic heterocycles. The highest BCUT2D eigenvalue weighted by atomic mass is 16.5. The second kappa shape index (κ2) is 10.1. The standard InChI is InChI=1S/C26H26N2O5/c1-18-7-6-8-19(2)26(18)33-16-24(29)27-20-11-12-22-23(15-20)32-17-25(30)28(22)13-14-31-21-9-4-3-5-10-21/h3-12,15H,13-14,16-17H2,1-2H3,(H,27,29). The lowest BCUT2D eigenvalue weighted by Crippen LogP contribution is -2.41. The predicted molar refractivity (Wildman–Crippen MR) is 126 cm³/mol. The fourth-order valence-electron chi connectivity index (χ4n) is 3.66. The summed E-state index contributed by atoms with van der Waals surface area (Å²) in [6.45, 7) is 4.46. The Balaban J connectivity index is 1.37. The molecule has 170 valence electrons. The topological polar surface area (TPSA) is 77.1 Å². The van der Waals surface area contributed by atoms with Crippen molar-refractivity contribution in [3.8, 4) is 17.2 Å². The molecule has 1 aliphatic rings. The van der Waals surface area contributed by atoms with Crippen molar-refractivity contribution in [3.05, 3.63) is 77.9 Å². The summed E-state index contributed by atoms with van der Waals surface area (Å²) < 4.78 is 17.0. The SMILES string of the molecule is Cc1cccc(C)c1OCC(=O)Nc1ccc2c(c1)OCC(=O)N2CCOc1ccccc1. The molecule has 33 heavy (non-hydrogen) atoms. The third kappa shape index (κ3) is 5.44. The number of carbonyl (C=O) groups is 2. The van der Waals surface area contributed by atoms with Crippen LogP contribution in [0, 0.1) is 13.8 Å². The monoisotopic (exact) mass is 446 g/mol. The number of nitrogens with one attached hydrogen (secondary N) is 1. The van der Waals surface area contributed by atoms with Gasteiger partial charge in [0.05, 0.1) is 12.2 Å². The molecule has 0 spiro atoms. The van der Waals surface area contributed by atoms with Crippen molar-refractivity contribution in [2.24, 2.45) is 0 Å². The first-order valence-corrected chi connectivity index (χ1v) is 10.7. The second-order valence-electron chi connectivity index (χ2n) is 7.74. The maximum Gasteiger partial charge on any atom is 0.265 e. The first-order valence-electron chi connectivity index (χ1n) is 10.7. The zero-order valence-corrected chi connectivity index (χ0v) is 18.7. The normalized spacial score (nSPS) is 12.5. The number of rotatable bonds is 8. The van der Waals surface area contributed by atoms with E-state index >= 15 is 0 Å². The van der Waals surface area contributed by atoms with E-state index in [9.17, 15) is 9.59 Å². The molecular weight excluding hydrogens is 420 g/mol. The van der Waals surface area contributed by atoms with Gasteiger partial charge in [0.1, 0.15) is 23.9 Å². The van der Waals surface area contributed by atoms with Crippen LogP contribution in [0.4, 0.5) is 11.4 Å². The molecule has 0 radical (unpaired) electrons. The Morgan fingerprint density at radius 2 is 1.76 bits per heavy atom. The Morgan fingerprint density at radius 1 is 1.00 bits per heavy atom. The van der Waals surface area contributed by atoms with Crippen molar-refractivity contribution >= 4 is 23.2 Å². The minimum atomic E-state index is -0.280. The second-order valence-corrected chi connectivity index (χ2v) is 7.74. The van der Waals surface area contributed by atoms with E-state index in [1.807, 2.05) is 62.4 Å². The van der Waals surface area contributed by atoms with Crippen LogP contribution in [0.5, 0.6) is 17.2 Å². The van der Waals surface area contributed by atoms with Crippen LogP contribution in [0.25, 0.3) is 0 Å². The van der Waals surface area contributed by atoms with Gasteiger partial charge in [-0.3, -0.25) is 9.59 Å². The van der Waals surface area contributed by atoms with Gasteiger partial charge in [-0.15, -0.1) is 0 Å². The number of anilines is 2. The quantitative estimate of drug-likeness (QED) is 0.563. The third-order valence-corrected chi connectivity index (χ3v) is 5.27. The molecule has 3 aromatic carbocycles. The smallest absolute Gasteiger partial charge is 0.265 e. The molecule has 2 amide bonds. The Labute approximate surface area is 192 Å². The molecule has 0 bridgehead atoms. The number of ether oxygens (including phenoxy) is 3. The number of hydrogen-bond donors (Lipinski definition) is 1. The van der Waals surface area contributed by atoms with Gasteiger partial charge in [-0.2, -0.15) is 0 Å². The zero-order valence-electron chi connectivity index (χ0n) is 18.7. The lowest BCUT2D eigenvalue weighted by Gasteiger charge is -2.29. The summed E-state index contributed by atoms with van der Waals surface area (Å²) in [5.74, 6) is 1.58. The number of nitrogens with zero attached hydrogens (tertiary/aromatic N) is 1. The van der Waals surface area contributed by atoms with Crippen LogP contribution in [-0.2, 0) is 9.59 Å². The average Bonchev–Trinajstić information content (AvgIpc) is 2.81. The number of hydrogen-bond acceptors (Lipinski definition) is 5. The fourth-order valence-corrected chi connectivity index (χ4v) is 3.66. The Kier molecular flexibility index (Phi) is 6.78. The minimum Gasteiger partial charge on any atom is -0.492 e. The first-order chi connectivity index (χ1) is 16.0. The van der Waals surface area contributed by atoms with E-state index in [0.29, 0.717) is 36.0 Å². The maximum atomic E-state index is 12.4. The number of benzene rings is 3. The largest absolute Gasteiger partial charge is 0.492 e. The molecule has 1 heterocycles. The van der Waals surface area contributed by atoms with Crippen molar-refractivity contribution in [3.63, 3.8) is 0 Å². The molecule has 4 rings (SSSR count). The first kappa shape index (κ1) is 22.2. The molecule has 0 unspecified atom stereocenters. The van der Waals surface area contributed by atoms with Gasteiger partial charge in [0.25, 0.3) is 11.8 Å². The summed E-state index contributed by atoms with van der Waals surface area (Å²) in [6, 6.07) is 20.5. The van der Waals surface area contributed by atoms with Crippen LogP contribution in [0.2, 0.25) is 0 Å². The van der Waals surface area contributed by atoms with Gasteiger partial charge in [0, 0.05) is 11.8 Å². The van der Waals surface area contributed by atoms with Gasteiger partial charge in [-0.25, -0.2) is 0 Å². The van der Waals surface area contributed by atoms with Gasteiger partial charge in [0.15, 0.2) is 13.2 Å². The Bertz CT molecular complexity index is 1130. The van der Waals surface area contributed by atoms with E-state index in [1.165, 1.54) is 0 Å². The highest BCUT2D eigenvalue weighted by Crippen LogP contribution is 2.34. The molecule has 1 N–H and O–H groups in total. The van der Waals surface area contributed by atoms with Crippen LogP contribution in [-0.4, -0.2) is 38.2 Å².